The highest BCUT2D eigenvalue weighted by atomic mass is 19.1. The lowest BCUT2D eigenvalue weighted by atomic mass is 10.0. The Labute approximate surface area is 107 Å². The number of aliphatic hydroxyl groups excluding tert-OH is 1. The largest absolute Gasteiger partial charge is 0.475 e. The summed E-state index contributed by atoms with van der Waals surface area (Å²) in [6, 6.07) is 1.47. The molecular formula is C14H20FNO2. The topological polar surface area (TPSA) is 42.4 Å². The van der Waals surface area contributed by atoms with Crippen LogP contribution in [-0.2, 0) is 6.61 Å². The SMILES string of the molecule is OCc1ccnc(OCC2CCCCCC2)c1F. The molecule has 0 aromatic carbocycles. The minimum Gasteiger partial charge on any atom is -0.475 e. The third-order valence-corrected chi connectivity index (χ3v) is 3.54. The summed E-state index contributed by atoms with van der Waals surface area (Å²) in [5, 5.41) is 8.97. The van der Waals surface area contributed by atoms with Gasteiger partial charge in [0.25, 0.3) is 5.88 Å². The number of ether oxygens (including phenoxy) is 1. The number of aliphatic hydroxyl groups is 1. The third-order valence-electron chi connectivity index (χ3n) is 3.54. The highest BCUT2D eigenvalue weighted by molar-refractivity contribution is 5.22. The summed E-state index contributed by atoms with van der Waals surface area (Å²) in [6.45, 7) is 0.201. The Morgan fingerprint density at radius 1 is 1.28 bits per heavy atom. The molecule has 1 N–H and O–H groups in total. The quantitative estimate of drug-likeness (QED) is 0.838. The van der Waals surface area contributed by atoms with E-state index in [0.717, 1.165) is 12.8 Å². The van der Waals surface area contributed by atoms with Gasteiger partial charge in [0.15, 0.2) is 5.82 Å². The van der Waals surface area contributed by atoms with Gasteiger partial charge in [-0.1, -0.05) is 25.7 Å². The number of pyridine rings is 1. The molecule has 1 aliphatic rings. The van der Waals surface area contributed by atoms with E-state index >= 15 is 0 Å². The van der Waals surface area contributed by atoms with Crippen LogP contribution in [-0.4, -0.2) is 16.7 Å². The lowest BCUT2D eigenvalue weighted by Gasteiger charge is -2.15. The summed E-state index contributed by atoms with van der Waals surface area (Å²) in [5.41, 5.74) is 0.237. The summed E-state index contributed by atoms with van der Waals surface area (Å²) in [5.74, 6) is -0.00842. The lowest BCUT2D eigenvalue weighted by molar-refractivity contribution is 0.213. The van der Waals surface area contributed by atoms with Gasteiger partial charge >= 0.3 is 0 Å². The monoisotopic (exact) mass is 253 g/mol. The van der Waals surface area contributed by atoms with Crippen molar-refractivity contribution >= 4 is 0 Å². The molecule has 1 saturated carbocycles. The highest BCUT2D eigenvalue weighted by Gasteiger charge is 2.15. The summed E-state index contributed by atoms with van der Waals surface area (Å²) in [6.07, 6.45) is 8.84. The number of nitrogens with zero attached hydrogens (tertiary/aromatic N) is 1. The van der Waals surface area contributed by atoms with Gasteiger partial charge in [0.05, 0.1) is 13.2 Å². The molecule has 1 aromatic heterocycles. The minimum absolute atomic E-state index is 0.0193. The zero-order chi connectivity index (χ0) is 12.8. The molecule has 0 atom stereocenters. The normalized spacial score (nSPS) is 17.4. The number of aromatic nitrogens is 1. The van der Waals surface area contributed by atoms with Crippen LogP contribution in [0.2, 0.25) is 0 Å². The molecule has 4 heteroatoms. The van der Waals surface area contributed by atoms with Crippen molar-refractivity contribution in [3.05, 3.63) is 23.6 Å². The van der Waals surface area contributed by atoms with Gasteiger partial charge < -0.3 is 9.84 Å². The molecule has 0 amide bonds. The Kier molecular flexibility index (Phi) is 4.93. The second-order valence-corrected chi connectivity index (χ2v) is 4.92. The fraction of sp³-hybridized carbons (Fsp3) is 0.643. The maximum atomic E-state index is 13.8. The predicted octanol–water partition coefficient (Wildman–Crippen LogP) is 3.06. The molecule has 3 nitrogen and oxygen atoms in total. The van der Waals surface area contributed by atoms with Crippen LogP contribution in [0.4, 0.5) is 4.39 Å². The van der Waals surface area contributed by atoms with Crippen LogP contribution in [0.5, 0.6) is 5.88 Å². The van der Waals surface area contributed by atoms with E-state index in [1.54, 1.807) is 0 Å². The molecule has 100 valence electrons. The molecule has 2 rings (SSSR count). The van der Waals surface area contributed by atoms with Crippen molar-refractivity contribution in [2.45, 2.75) is 45.1 Å². The Bertz CT molecular complexity index is 376. The number of hydrogen-bond donors (Lipinski definition) is 1. The van der Waals surface area contributed by atoms with Crippen molar-refractivity contribution in [2.24, 2.45) is 5.92 Å². The summed E-state index contributed by atoms with van der Waals surface area (Å²) in [4.78, 5) is 3.89. The lowest BCUT2D eigenvalue weighted by Crippen LogP contribution is -2.13. The maximum Gasteiger partial charge on any atom is 0.250 e. The van der Waals surface area contributed by atoms with Crippen molar-refractivity contribution in [1.82, 2.24) is 4.98 Å². The van der Waals surface area contributed by atoms with Gasteiger partial charge in [-0.15, -0.1) is 0 Å². The summed E-state index contributed by atoms with van der Waals surface area (Å²) < 4.78 is 19.2. The first-order chi connectivity index (χ1) is 8.81. The smallest absolute Gasteiger partial charge is 0.250 e. The first-order valence-electron chi connectivity index (χ1n) is 6.68. The van der Waals surface area contributed by atoms with E-state index in [0.29, 0.717) is 12.5 Å². The van der Waals surface area contributed by atoms with Crippen molar-refractivity contribution in [2.75, 3.05) is 6.61 Å². The molecule has 1 heterocycles. The zero-order valence-electron chi connectivity index (χ0n) is 10.6. The van der Waals surface area contributed by atoms with Crippen molar-refractivity contribution in [1.29, 1.82) is 0 Å². The number of halogens is 1. The molecule has 1 aliphatic carbocycles. The van der Waals surface area contributed by atoms with E-state index in [1.165, 1.54) is 37.9 Å². The Morgan fingerprint density at radius 2 is 2.00 bits per heavy atom. The molecule has 0 bridgehead atoms. The fourth-order valence-electron chi connectivity index (χ4n) is 2.41. The molecular weight excluding hydrogens is 233 g/mol. The Balaban J connectivity index is 1.92. The standard InChI is InChI=1S/C14H20FNO2/c15-13-12(9-17)7-8-16-14(13)18-10-11-5-3-1-2-4-6-11/h7-8,11,17H,1-6,9-10H2. The first-order valence-corrected chi connectivity index (χ1v) is 6.68. The first kappa shape index (κ1) is 13.3. The van der Waals surface area contributed by atoms with Gasteiger partial charge in [-0.2, -0.15) is 0 Å². The minimum atomic E-state index is -0.534. The number of hydrogen-bond acceptors (Lipinski definition) is 3. The maximum absolute atomic E-state index is 13.8. The zero-order valence-corrected chi connectivity index (χ0v) is 10.6. The van der Waals surface area contributed by atoms with E-state index in [1.807, 2.05) is 0 Å². The van der Waals surface area contributed by atoms with Crippen LogP contribution in [0.1, 0.15) is 44.1 Å². The van der Waals surface area contributed by atoms with Gasteiger partial charge in [-0.25, -0.2) is 9.37 Å². The van der Waals surface area contributed by atoms with Crippen LogP contribution in [0, 0.1) is 11.7 Å². The number of rotatable bonds is 4. The van der Waals surface area contributed by atoms with Crippen molar-refractivity contribution in [3.8, 4) is 5.88 Å². The molecule has 0 aliphatic heterocycles. The van der Waals surface area contributed by atoms with E-state index < -0.39 is 5.82 Å². The Hall–Kier alpha value is -1.16. The molecule has 0 saturated heterocycles. The average Bonchev–Trinajstić information content (AvgIpc) is 2.66. The van der Waals surface area contributed by atoms with Gasteiger partial charge in [0.1, 0.15) is 0 Å². The molecule has 0 radical (unpaired) electrons. The van der Waals surface area contributed by atoms with Crippen LogP contribution in [0.3, 0.4) is 0 Å². The van der Waals surface area contributed by atoms with Crippen molar-refractivity contribution < 1.29 is 14.2 Å². The van der Waals surface area contributed by atoms with E-state index in [4.69, 9.17) is 9.84 Å². The van der Waals surface area contributed by atoms with Crippen LogP contribution >= 0.6 is 0 Å². The van der Waals surface area contributed by atoms with Gasteiger partial charge in [0, 0.05) is 11.8 Å². The van der Waals surface area contributed by atoms with E-state index in [2.05, 4.69) is 4.98 Å². The molecule has 0 spiro atoms. The van der Waals surface area contributed by atoms with E-state index in [-0.39, 0.29) is 18.1 Å². The van der Waals surface area contributed by atoms with Gasteiger partial charge in [0.2, 0.25) is 0 Å². The molecule has 18 heavy (non-hydrogen) atoms. The third kappa shape index (κ3) is 3.42. The predicted molar refractivity (Wildman–Crippen MR) is 66.8 cm³/mol. The molecule has 1 aromatic rings. The molecule has 1 fully saturated rings. The van der Waals surface area contributed by atoms with E-state index in [9.17, 15) is 4.39 Å². The average molecular weight is 253 g/mol. The second kappa shape index (κ2) is 6.69. The fourth-order valence-corrected chi connectivity index (χ4v) is 2.41. The van der Waals surface area contributed by atoms with Crippen LogP contribution in [0.15, 0.2) is 12.3 Å². The Morgan fingerprint density at radius 3 is 2.67 bits per heavy atom. The second-order valence-electron chi connectivity index (χ2n) is 4.92. The summed E-state index contributed by atoms with van der Waals surface area (Å²) in [7, 11) is 0. The van der Waals surface area contributed by atoms with Gasteiger partial charge in [-0.3, -0.25) is 0 Å². The summed E-state index contributed by atoms with van der Waals surface area (Å²) >= 11 is 0. The van der Waals surface area contributed by atoms with Crippen LogP contribution in [0.25, 0.3) is 0 Å². The van der Waals surface area contributed by atoms with Crippen LogP contribution < -0.4 is 4.74 Å². The highest BCUT2D eigenvalue weighted by Crippen LogP contribution is 2.24. The van der Waals surface area contributed by atoms with Crippen molar-refractivity contribution in [3.63, 3.8) is 0 Å². The molecule has 0 unspecified atom stereocenters. The van der Waals surface area contributed by atoms with Gasteiger partial charge in [-0.05, 0) is 24.8 Å².